The Morgan fingerprint density at radius 1 is 1.47 bits per heavy atom. The van der Waals surface area contributed by atoms with Gasteiger partial charge in [0.15, 0.2) is 0 Å². The average Bonchev–Trinajstić information content (AvgIpc) is 2.68. The Morgan fingerprint density at radius 3 is 2.87 bits per heavy atom. The maximum absolute atomic E-state index is 11.1. The van der Waals surface area contributed by atoms with Crippen molar-refractivity contribution in [2.24, 2.45) is 0 Å². The minimum absolute atomic E-state index is 0.427. The molecule has 0 aromatic carbocycles. The topological polar surface area (TPSA) is 30.0 Å². The fourth-order valence-corrected chi connectivity index (χ4v) is 3.09. The summed E-state index contributed by atoms with van der Waals surface area (Å²) in [4.78, 5) is 15.8. The molecule has 0 spiro atoms. The van der Waals surface area contributed by atoms with E-state index in [2.05, 4.69) is 17.3 Å². The summed E-state index contributed by atoms with van der Waals surface area (Å²) in [5.41, 5.74) is 1.23. The van der Waals surface area contributed by atoms with E-state index in [0.29, 0.717) is 11.7 Å². The molecule has 2 rings (SSSR count). The zero-order valence-corrected chi connectivity index (χ0v) is 9.98. The van der Waals surface area contributed by atoms with E-state index in [1.54, 1.807) is 11.3 Å². The van der Waals surface area contributed by atoms with Crippen LogP contribution in [-0.2, 0) is 11.2 Å². The molecule has 1 aromatic heterocycles. The summed E-state index contributed by atoms with van der Waals surface area (Å²) in [6.07, 6.45) is 5.78. The number of Topliss-reactive ketones (excluding diaryl/α,β-unsaturated/α-hetero) is 1. The first-order valence-corrected chi connectivity index (χ1v) is 6.63. The van der Waals surface area contributed by atoms with Gasteiger partial charge in [-0.1, -0.05) is 13.3 Å². The summed E-state index contributed by atoms with van der Waals surface area (Å²) in [5, 5.41) is 3.43. The zero-order chi connectivity index (χ0) is 10.7. The summed E-state index contributed by atoms with van der Waals surface area (Å²) in [6, 6.07) is 0. The smallest absolute Gasteiger partial charge is 0.132 e. The molecule has 0 unspecified atom stereocenters. The van der Waals surface area contributed by atoms with Gasteiger partial charge in [0, 0.05) is 24.1 Å². The van der Waals surface area contributed by atoms with Crippen molar-refractivity contribution in [3.63, 3.8) is 0 Å². The van der Waals surface area contributed by atoms with E-state index in [0.717, 1.165) is 38.5 Å². The number of thiazole rings is 1. The lowest BCUT2D eigenvalue weighted by molar-refractivity contribution is -0.120. The molecule has 1 aliphatic carbocycles. The van der Waals surface area contributed by atoms with Crippen molar-refractivity contribution in [2.75, 3.05) is 0 Å². The average molecular weight is 223 g/mol. The molecule has 0 N–H and O–H groups in total. The van der Waals surface area contributed by atoms with E-state index >= 15 is 0 Å². The van der Waals surface area contributed by atoms with Crippen molar-refractivity contribution in [1.82, 2.24) is 4.98 Å². The molecule has 0 bridgehead atoms. The number of hydrogen-bond donors (Lipinski definition) is 0. The first kappa shape index (κ1) is 10.8. The van der Waals surface area contributed by atoms with Gasteiger partial charge in [-0.2, -0.15) is 0 Å². The van der Waals surface area contributed by atoms with Crippen LogP contribution in [0.5, 0.6) is 0 Å². The second-order valence-electron chi connectivity index (χ2n) is 4.24. The lowest BCUT2D eigenvalue weighted by Gasteiger charge is -2.18. The van der Waals surface area contributed by atoms with Gasteiger partial charge in [-0.15, -0.1) is 11.3 Å². The van der Waals surface area contributed by atoms with Crippen LogP contribution in [0, 0.1) is 0 Å². The summed E-state index contributed by atoms with van der Waals surface area (Å²) < 4.78 is 0. The van der Waals surface area contributed by atoms with Crippen LogP contribution >= 0.6 is 11.3 Å². The third-order valence-corrected chi connectivity index (χ3v) is 4.02. The maximum Gasteiger partial charge on any atom is 0.132 e. The molecule has 1 saturated carbocycles. The van der Waals surface area contributed by atoms with Crippen LogP contribution in [0.15, 0.2) is 5.38 Å². The molecule has 15 heavy (non-hydrogen) atoms. The molecule has 0 radical (unpaired) electrons. The first-order chi connectivity index (χ1) is 7.29. The van der Waals surface area contributed by atoms with Crippen molar-refractivity contribution in [3.8, 4) is 0 Å². The van der Waals surface area contributed by atoms with E-state index < -0.39 is 0 Å². The maximum atomic E-state index is 11.1. The number of aryl methyl sites for hydroxylation is 1. The van der Waals surface area contributed by atoms with Gasteiger partial charge in [-0.05, 0) is 19.3 Å². The van der Waals surface area contributed by atoms with Gasteiger partial charge in [0.05, 0.1) is 10.7 Å². The van der Waals surface area contributed by atoms with Gasteiger partial charge in [0.25, 0.3) is 0 Å². The van der Waals surface area contributed by atoms with E-state index in [-0.39, 0.29) is 0 Å². The zero-order valence-electron chi connectivity index (χ0n) is 9.16. The molecule has 1 aliphatic rings. The van der Waals surface area contributed by atoms with Crippen LogP contribution in [0.25, 0.3) is 0 Å². The first-order valence-electron chi connectivity index (χ1n) is 5.75. The molecule has 82 valence electrons. The number of carbonyl (C=O) groups is 1. The van der Waals surface area contributed by atoms with Crippen LogP contribution in [0.3, 0.4) is 0 Å². The Hall–Kier alpha value is -0.700. The third-order valence-electron chi connectivity index (χ3n) is 2.97. The Labute approximate surface area is 94.7 Å². The standard InChI is InChI=1S/C12H17NOS/c1-2-3-10-8-15-12(13-10)9-4-6-11(14)7-5-9/h8-9H,2-7H2,1H3. The number of hydrogen-bond acceptors (Lipinski definition) is 3. The van der Waals surface area contributed by atoms with Crippen LogP contribution in [0.4, 0.5) is 0 Å². The second-order valence-corrected chi connectivity index (χ2v) is 5.13. The number of nitrogens with zero attached hydrogens (tertiary/aromatic N) is 1. The Kier molecular flexibility index (Phi) is 3.52. The van der Waals surface area contributed by atoms with Gasteiger partial charge in [0.1, 0.15) is 5.78 Å². The van der Waals surface area contributed by atoms with Gasteiger partial charge in [0.2, 0.25) is 0 Å². The predicted molar refractivity (Wildman–Crippen MR) is 62.3 cm³/mol. The molecule has 0 aliphatic heterocycles. The summed E-state index contributed by atoms with van der Waals surface area (Å²) >= 11 is 1.77. The van der Waals surface area contributed by atoms with Crippen LogP contribution in [0.1, 0.15) is 55.6 Å². The molecule has 3 heteroatoms. The van der Waals surface area contributed by atoms with E-state index in [4.69, 9.17) is 0 Å². The molecular weight excluding hydrogens is 206 g/mol. The number of ketones is 1. The Morgan fingerprint density at radius 2 is 2.20 bits per heavy atom. The van der Waals surface area contributed by atoms with Gasteiger partial charge in [-0.25, -0.2) is 4.98 Å². The Balaban J connectivity index is 1.99. The monoisotopic (exact) mass is 223 g/mol. The van der Waals surface area contributed by atoms with E-state index in [1.807, 2.05) is 0 Å². The van der Waals surface area contributed by atoms with Crippen LogP contribution in [0.2, 0.25) is 0 Å². The molecule has 1 fully saturated rings. The number of rotatable bonds is 3. The number of carbonyl (C=O) groups excluding carboxylic acids is 1. The molecule has 0 atom stereocenters. The quantitative estimate of drug-likeness (QED) is 0.786. The highest BCUT2D eigenvalue weighted by Gasteiger charge is 2.22. The van der Waals surface area contributed by atoms with Gasteiger partial charge < -0.3 is 0 Å². The molecule has 0 saturated heterocycles. The number of aromatic nitrogens is 1. The summed E-state index contributed by atoms with van der Waals surface area (Å²) in [5.74, 6) is 0.981. The van der Waals surface area contributed by atoms with Crippen molar-refractivity contribution in [2.45, 2.75) is 51.4 Å². The molecule has 1 aromatic rings. The molecule has 1 heterocycles. The fourth-order valence-electron chi connectivity index (χ4n) is 2.07. The predicted octanol–water partition coefficient (Wildman–Crippen LogP) is 3.32. The highest BCUT2D eigenvalue weighted by molar-refractivity contribution is 7.09. The van der Waals surface area contributed by atoms with Crippen molar-refractivity contribution < 1.29 is 4.79 Å². The highest BCUT2D eigenvalue weighted by Crippen LogP contribution is 2.33. The molecule has 2 nitrogen and oxygen atoms in total. The molecule has 0 amide bonds. The summed E-state index contributed by atoms with van der Waals surface area (Å²) in [6.45, 7) is 2.18. The minimum atomic E-state index is 0.427. The largest absolute Gasteiger partial charge is 0.300 e. The van der Waals surface area contributed by atoms with Crippen molar-refractivity contribution >= 4 is 17.1 Å². The van der Waals surface area contributed by atoms with Gasteiger partial charge in [-0.3, -0.25) is 4.79 Å². The van der Waals surface area contributed by atoms with Crippen molar-refractivity contribution in [1.29, 1.82) is 0 Å². The lowest BCUT2D eigenvalue weighted by atomic mass is 9.89. The third kappa shape index (κ3) is 2.65. The minimum Gasteiger partial charge on any atom is -0.300 e. The fraction of sp³-hybridized carbons (Fsp3) is 0.667. The molecular formula is C12H17NOS. The van der Waals surface area contributed by atoms with Gasteiger partial charge >= 0.3 is 0 Å². The second kappa shape index (κ2) is 4.88. The van der Waals surface area contributed by atoms with Crippen LogP contribution < -0.4 is 0 Å². The van der Waals surface area contributed by atoms with E-state index in [1.165, 1.54) is 10.7 Å². The summed E-state index contributed by atoms with van der Waals surface area (Å²) in [7, 11) is 0. The normalized spacial score (nSPS) is 18.3. The Bertz CT molecular complexity index is 335. The van der Waals surface area contributed by atoms with Crippen LogP contribution in [-0.4, -0.2) is 10.8 Å². The highest BCUT2D eigenvalue weighted by atomic mass is 32.1. The SMILES string of the molecule is CCCc1csc(C2CCC(=O)CC2)n1. The van der Waals surface area contributed by atoms with E-state index in [9.17, 15) is 4.79 Å². The lowest BCUT2D eigenvalue weighted by Crippen LogP contribution is -2.12. The van der Waals surface area contributed by atoms with Crippen molar-refractivity contribution in [3.05, 3.63) is 16.1 Å².